The number of pyridine rings is 2. The number of hydrogen-bond donors (Lipinski definition) is 4. The van der Waals surface area contributed by atoms with Crippen LogP contribution in [0.1, 0.15) is 65.7 Å². The molecule has 0 spiro atoms. The molecule has 0 aliphatic carbocycles. The fourth-order valence-electron chi connectivity index (χ4n) is 9.00. The van der Waals surface area contributed by atoms with Gasteiger partial charge in [0.1, 0.15) is 11.6 Å². The van der Waals surface area contributed by atoms with Crippen LogP contribution < -0.4 is 10.6 Å². The van der Waals surface area contributed by atoms with Gasteiger partial charge in [0.25, 0.3) is 32.1 Å². The normalized spacial score (nSPS) is 14.1. The predicted molar refractivity (Wildman–Crippen MR) is 328 cm³/mol. The SMILES string of the molecule is CS(=O)(=O)O.CS(=O)(=O)O.Cc1ccc(NC(=O)c2ccc(CN3CCN(C)CC3)cc2)cc1Cc1nccc(-c2cccnc2)n1.Cc1ccc(NC(=O)c2ccc(CN3CCN(C)CC3)cc2)cc1Cc1nccc(-c2cccnc2)n1. The Balaban J connectivity index is 0.000000208. The minimum atomic E-state index is -3.67. The molecule has 22 heteroatoms. The van der Waals surface area contributed by atoms with Crippen molar-refractivity contribution in [1.29, 1.82) is 0 Å². The van der Waals surface area contributed by atoms with E-state index in [4.69, 9.17) is 19.1 Å². The number of nitrogens with zero attached hydrogens (tertiary/aromatic N) is 10. The van der Waals surface area contributed by atoms with E-state index >= 15 is 0 Å². The molecule has 2 fully saturated rings. The quantitative estimate of drug-likeness (QED) is 0.0755. The van der Waals surface area contributed by atoms with Gasteiger partial charge in [-0.1, -0.05) is 36.4 Å². The minimum absolute atomic E-state index is 0.115. The van der Waals surface area contributed by atoms with E-state index in [1.54, 1.807) is 37.2 Å². The highest BCUT2D eigenvalue weighted by molar-refractivity contribution is 7.85. The van der Waals surface area contributed by atoms with Gasteiger partial charge in [0.2, 0.25) is 0 Å². The highest BCUT2D eigenvalue weighted by Crippen LogP contribution is 2.23. The number of benzene rings is 4. The summed E-state index contributed by atoms with van der Waals surface area (Å²) in [6.45, 7) is 14.7. The van der Waals surface area contributed by atoms with Gasteiger partial charge in [-0.25, -0.2) is 19.9 Å². The van der Waals surface area contributed by atoms with Crippen molar-refractivity contribution in [2.75, 3.05) is 89.6 Å². The molecular formula is C62H72N12O8S2. The van der Waals surface area contributed by atoms with Crippen LogP contribution in [0.3, 0.4) is 0 Å². The summed E-state index contributed by atoms with van der Waals surface area (Å²) in [4.78, 5) is 62.3. The number of likely N-dealkylation sites (N-methyl/N-ethyl adjacent to an activating group) is 2. The average Bonchev–Trinajstić information content (AvgIpc) is 3.50. The van der Waals surface area contributed by atoms with E-state index in [0.29, 0.717) is 36.5 Å². The van der Waals surface area contributed by atoms with Crippen molar-refractivity contribution in [3.05, 3.63) is 215 Å². The lowest BCUT2D eigenvalue weighted by molar-refractivity contribution is 0.101. The first-order valence-corrected chi connectivity index (χ1v) is 30.9. The summed E-state index contributed by atoms with van der Waals surface area (Å²) in [6, 6.07) is 39.3. The lowest BCUT2D eigenvalue weighted by Gasteiger charge is -2.32. The van der Waals surface area contributed by atoms with Crippen molar-refractivity contribution in [1.82, 2.24) is 49.5 Å². The molecule has 2 amide bonds. The monoisotopic (exact) mass is 1180 g/mol. The van der Waals surface area contributed by atoms with Crippen LogP contribution >= 0.6 is 0 Å². The summed E-state index contributed by atoms with van der Waals surface area (Å²) in [6.07, 6.45) is 13.2. The van der Waals surface area contributed by atoms with E-state index in [9.17, 15) is 26.4 Å². The number of aryl methyl sites for hydroxylation is 2. The number of nitrogens with one attached hydrogen (secondary N) is 2. The Hall–Kier alpha value is -8.06. The number of amides is 2. The van der Waals surface area contributed by atoms with Crippen LogP contribution in [0, 0.1) is 13.8 Å². The number of piperazine rings is 2. The Kier molecular flexibility index (Phi) is 23.0. The molecule has 0 atom stereocenters. The van der Waals surface area contributed by atoms with Crippen LogP contribution in [-0.4, -0.2) is 166 Å². The van der Waals surface area contributed by atoms with E-state index in [2.05, 4.69) is 102 Å². The largest absolute Gasteiger partial charge is 0.322 e. The van der Waals surface area contributed by atoms with Crippen LogP contribution in [0.25, 0.3) is 22.5 Å². The fraction of sp³-hybridized carbons (Fsp3) is 0.290. The summed E-state index contributed by atoms with van der Waals surface area (Å²) < 4.78 is 51.7. The smallest absolute Gasteiger partial charge is 0.261 e. The topological polar surface area (TPSA) is 257 Å². The maximum Gasteiger partial charge on any atom is 0.261 e. The van der Waals surface area contributed by atoms with Crippen molar-refractivity contribution in [2.24, 2.45) is 0 Å². The van der Waals surface area contributed by atoms with Crippen LogP contribution in [0.4, 0.5) is 11.4 Å². The maximum atomic E-state index is 12.9. The summed E-state index contributed by atoms with van der Waals surface area (Å²) in [5.41, 5.74) is 13.3. The van der Waals surface area contributed by atoms with Gasteiger partial charge >= 0.3 is 0 Å². The highest BCUT2D eigenvalue weighted by Gasteiger charge is 2.17. The zero-order valence-electron chi connectivity index (χ0n) is 48.1. The first kappa shape index (κ1) is 63.5. The number of hydrogen-bond acceptors (Lipinski definition) is 16. The number of anilines is 2. The number of aromatic nitrogens is 6. The Labute approximate surface area is 492 Å². The van der Waals surface area contributed by atoms with Gasteiger partial charge in [0, 0.05) is 149 Å². The standard InChI is InChI=1S/2C30H32N6O.2CH4O3S/c2*1-22-5-10-27(18-26(22)19-29-32-13-11-28(34-29)25-4-3-12-31-20-25)33-30(37)24-8-6-23(7-9-24)21-36-16-14-35(2)15-17-36;2*1-5(2,3)4/h2*3-13,18,20H,14-17,19,21H2,1-2H3,(H,33,37);2*1H3,(H,2,3,4). The third-order valence-electron chi connectivity index (χ3n) is 13.7. The Morgan fingerprint density at radius 1 is 0.500 bits per heavy atom. The Morgan fingerprint density at radius 2 is 0.857 bits per heavy atom. The second-order valence-electron chi connectivity index (χ2n) is 20.8. The molecule has 6 heterocycles. The molecule has 20 nitrogen and oxygen atoms in total. The van der Waals surface area contributed by atoms with Crippen molar-refractivity contribution in [2.45, 2.75) is 39.8 Å². The molecule has 0 saturated carbocycles. The highest BCUT2D eigenvalue weighted by atomic mass is 32.2. The van der Waals surface area contributed by atoms with E-state index in [1.807, 2.05) is 97.1 Å². The van der Waals surface area contributed by atoms with Gasteiger partial charge in [0.15, 0.2) is 0 Å². The minimum Gasteiger partial charge on any atom is -0.322 e. The molecule has 4 aromatic carbocycles. The predicted octanol–water partition coefficient (Wildman–Crippen LogP) is 7.88. The molecule has 8 aromatic rings. The second kappa shape index (κ2) is 30.5. The molecule has 440 valence electrons. The van der Waals surface area contributed by atoms with Crippen molar-refractivity contribution in [3.8, 4) is 22.5 Å². The van der Waals surface area contributed by atoms with Gasteiger partial charge < -0.3 is 20.4 Å². The zero-order chi connectivity index (χ0) is 60.2. The molecule has 0 bridgehead atoms. The van der Waals surface area contributed by atoms with E-state index in [-0.39, 0.29) is 11.8 Å². The molecular weight excluding hydrogens is 1100 g/mol. The third kappa shape index (κ3) is 21.9. The van der Waals surface area contributed by atoms with Crippen LogP contribution in [0.2, 0.25) is 0 Å². The summed E-state index contributed by atoms with van der Waals surface area (Å²) in [7, 11) is -3.01. The number of rotatable bonds is 14. The lowest BCUT2D eigenvalue weighted by Crippen LogP contribution is -2.43. The van der Waals surface area contributed by atoms with E-state index in [0.717, 1.165) is 133 Å². The van der Waals surface area contributed by atoms with Gasteiger partial charge in [-0.15, -0.1) is 0 Å². The van der Waals surface area contributed by atoms with Crippen LogP contribution in [-0.2, 0) is 46.2 Å². The Morgan fingerprint density at radius 3 is 1.19 bits per heavy atom. The summed E-state index contributed by atoms with van der Waals surface area (Å²) in [5, 5.41) is 6.10. The van der Waals surface area contributed by atoms with Crippen molar-refractivity contribution < 1.29 is 35.5 Å². The molecule has 84 heavy (non-hydrogen) atoms. The molecule has 4 N–H and O–H groups in total. The third-order valence-corrected chi connectivity index (χ3v) is 13.7. The fourth-order valence-corrected chi connectivity index (χ4v) is 9.00. The van der Waals surface area contributed by atoms with Gasteiger partial charge in [-0.3, -0.25) is 38.5 Å². The van der Waals surface area contributed by atoms with Crippen molar-refractivity contribution >= 4 is 43.4 Å². The van der Waals surface area contributed by atoms with Gasteiger partial charge in [0.05, 0.1) is 23.9 Å². The molecule has 2 saturated heterocycles. The van der Waals surface area contributed by atoms with Gasteiger partial charge in [-0.05, 0) is 146 Å². The molecule has 10 rings (SSSR count). The van der Waals surface area contributed by atoms with Gasteiger partial charge in [-0.2, -0.15) is 16.8 Å². The van der Waals surface area contributed by atoms with Crippen LogP contribution in [0.5, 0.6) is 0 Å². The first-order chi connectivity index (χ1) is 40.1. The molecule has 4 aromatic heterocycles. The molecule has 2 aliphatic rings. The second-order valence-corrected chi connectivity index (χ2v) is 23.7. The van der Waals surface area contributed by atoms with E-state index < -0.39 is 20.2 Å². The van der Waals surface area contributed by atoms with E-state index in [1.165, 1.54) is 11.1 Å². The number of carbonyl (C=O) groups is 2. The molecule has 2 aliphatic heterocycles. The molecule has 0 radical (unpaired) electrons. The summed E-state index contributed by atoms with van der Waals surface area (Å²) >= 11 is 0. The maximum absolute atomic E-state index is 12.9. The first-order valence-electron chi connectivity index (χ1n) is 27.2. The average molecular weight is 1180 g/mol. The zero-order valence-corrected chi connectivity index (χ0v) is 49.8. The number of carbonyl (C=O) groups excluding carboxylic acids is 2. The Bertz CT molecular complexity index is 3410. The van der Waals surface area contributed by atoms with Crippen molar-refractivity contribution in [3.63, 3.8) is 0 Å². The van der Waals surface area contributed by atoms with Crippen LogP contribution in [0.15, 0.2) is 159 Å². The lowest BCUT2D eigenvalue weighted by atomic mass is 10.0. The molecule has 0 unspecified atom stereocenters. The summed E-state index contributed by atoms with van der Waals surface area (Å²) in [5.74, 6) is 1.22.